The first kappa shape index (κ1) is 29.5. The van der Waals surface area contributed by atoms with Gasteiger partial charge >= 0.3 is 0 Å². The monoisotopic (exact) mass is 583 g/mol. The van der Waals surface area contributed by atoms with E-state index in [0.29, 0.717) is 35.2 Å². The van der Waals surface area contributed by atoms with Crippen LogP contribution in [0.4, 0.5) is 0 Å². The molecule has 0 aromatic rings. The van der Waals surface area contributed by atoms with E-state index < -0.39 is 0 Å². The van der Waals surface area contributed by atoms with Crippen LogP contribution in [-0.2, 0) is 19.1 Å². The van der Waals surface area contributed by atoms with Crippen molar-refractivity contribution in [3.8, 4) is 0 Å². The Morgan fingerprint density at radius 2 is 1.57 bits per heavy atom. The van der Waals surface area contributed by atoms with Gasteiger partial charge in [-0.15, -0.1) is 0 Å². The van der Waals surface area contributed by atoms with E-state index in [4.69, 9.17) is 9.47 Å². The van der Waals surface area contributed by atoms with Crippen molar-refractivity contribution in [1.29, 1.82) is 0 Å². The first-order chi connectivity index (χ1) is 20.1. The molecule has 3 heterocycles. The van der Waals surface area contributed by atoms with Crippen LogP contribution in [0.25, 0.3) is 0 Å². The lowest BCUT2D eigenvalue weighted by molar-refractivity contribution is -0.272. The first-order valence-corrected chi connectivity index (χ1v) is 17.7. The summed E-state index contributed by atoms with van der Waals surface area (Å²) in [6.45, 7) is 10.2. The van der Waals surface area contributed by atoms with Crippen LogP contribution < -0.4 is 10.6 Å². The minimum Gasteiger partial charge on any atom is -0.353 e. The quantitative estimate of drug-likeness (QED) is 0.449. The van der Waals surface area contributed by atoms with E-state index >= 15 is 0 Å². The summed E-state index contributed by atoms with van der Waals surface area (Å²) < 4.78 is 13.4. The molecule has 7 aliphatic rings. The molecule has 0 radical (unpaired) electrons. The Morgan fingerprint density at radius 1 is 0.833 bits per heavy atom. The topological polar surface area (TPSA) is 79.9 Å². The number of fused-ring (bicyclic) bond motifs is 7. The summed E-state index contributed by atoms with van der Waals surface area (Å²) >= 11 is 0. The second-order valence-electron chi connectivity index (χ2n) is 16.3. The van der Waals surface area contributed by atoms with E-state index in [0.717, 1.165) is 75.5 Å². The standard InChI is InChI=1S/C35H57N3O4/c1-21-9-14-35(41-20-21)22(2)33-27-7-8-29-26(28(27)18-30(33)42-35)6-5-23-17-25(10-13-34(23,29)3)37-32(40)19-31(39)36-24-11-15-38(4)16-12-24/h21-30,33H,5-20H2,1-4H3,(H,36,39)(H,37,40)/t21-,22-,23+,25?,26-,27-,28-,29-,30-,33+,34-,35+/m0/s1. The molecule has 7 rings (SSSR count). The normalized spacial score (nSPS) is 49.0. The number of likely N-dealkylation sites (tertiary alicyclic amines) is 1. The molecule has 7 heteroatoms. The van der Waals surface area contributed by atoms with Gasteiger partial charge in [-0.2, -0.15) is 0 Å². The number of carbonyl (C=O) groups excluding carboxylic acids is 2. The molecule has 0 aromatic heterocycles. The van der Waals surface area contributed by atoms with Gasteiger partial charge in [0.1, 0.15) is 6.42 Å². The van der Waals surface area contributed by atoms with Crippen LogP contribution in [0.15, 0.2) is 0 Å². The Balaban J connectivity index is 0.927. The summed E-state index contributed by atoms with van der Waals surface area (Å²) in [5.41, 5.74) is 0.384. The van der Waals surface area contributed by atoms with Crippen LogP contribution in [0.1, 0.15) is 104 Å². The highest BCUT2D eigenvalue weighted by Gasteiger charge is 2.65. The van der Waals surface area contributed by atoms with Gasteiger partial charge in [-0.1, -0.05) is 20.8 Å². The van der Waals surface area contributed by atoms with E-state index in [1.807, 2.05) is 0 Å². The van der Waals surface area contributed by atoms with Gasteiger partial charge in [-0.05, 0) is 138 Å². The van der Waals surface area contributed by atoms with Crippen molar-refractivity contribution < 1.29 is 19.1 Å². The Kier molecular flexibility index (Phi) is 7.96. The third kappa shape index (κ3) is 5.15. The van der Waals surface area contributed by atoms with E-state index in [9.17, 15) is 9.59 Å². The maximum atomic E-state index is 12.9. The Morgan fingerprint density at radius 3 is 2.31 bits per heavy atom. The van der Waals surface area contributed by atoms with Gasteiger partial charge in [0.15, 0.2) is 5.79 Å². The van der Waals surface area contributed by atoms with Crippen molar-refractivity contribution in [2.45, 2.75) is 128 Å². The molecular weight excluding hydrogens is 526 g/mol. The molecule has 12 atom stereocenters. The third-order valence-corrected chi connectivity index (χ3v) is 14.1. The Labute approximate surface area is 254 Å². The number of hydrogen-bond donors (Lipinski definition) is 2. The molecule has 3 aliphatic heterocycles. The average Bonchev–Trinajstić information content (AvgIpc) is 3.45. The van der Waals surface area contributed by atoms with Crippen molar-refractivity contribution in [2.24, 2.45) is 52.8 Å². The van der Waals surface area contributed by atoms with Crippen molar-refractivity contribution >= 4 is 11.8 Å². The zero-order valence-electron chi connectivity index (χ0n) is 26.7. The maximum Gasteiger partial charge on any atom is 0.229 e. The van der Waals surface area contributed by atoms with Crippen LogP contribution >= 0.6 is 0 Å². The SMILES string of the molecule is C[C@H]1CC[C@@]2(OC1)O[C@H]1C[C@@H]3[C@H](CC[C@H]4[C@H]3CC[C@@H]3CC(NC(=O)CC(=O)NC5CCN(C)CC5)CC[C@@]34C)[C@H]1[C@@H]2C. The zero-order valence-corrected chi connectivity index (χ0v) is 26.7. The molecule has 1 unspecified atom stereocenters. The molecule has 2 N–H and O–H groups in total. The van der Waals surface area contributed by atoms with Crippen molar-refractivity contribution in [3.63, 3.8) is 0 Å². The first-order valence-electron chi connectivity index (χ1n) is 17.7. The van der Waals surface area contributed by atoms with Crippen LogP contribution in [0.3, 0.4) is 0 Å². The maximum absolute atomic E-state index is 12.9. The minimum absolute atomic E-state index is 0.0350. The largest absolute Gasteiger partial charge is 0.353 e. The lowest BCUT2D eigenvalue weighted by Gasteiger charge is -2.59. The summed E-state index contributed by atoms with van der Waals surface area (Å²) in [5.74, 6) is 5.29. The smallest absolute Gasteiger partial charge is 0.229 e. The van der Waals surface area contributed by atoms with Crippen LogP contribution in [0, 0.1) is 52.8 Å². The second kappa shape index (κ2) is 11.3. The van der Waals surface area contributed by atoms with Crippen LogP contribution in [-0.4, -0.2) is 67.4 Å². The molecule has 4 aliphatic carbocycles. The molecule has 7 nitrogen and oxygen atoms in total. The number of nitrogens with zero attached hydrogens (tertiary/aromatic N) is 1. The predicted molar refractivity (Wildman–Crippen MR) is 162 cm³/mol. The van der Waals surface area contributed by atoms with Gasteiger partial charge < -0.3 is 25.0 Å². The lowest BCUT2D eigenvalue weighted by Crippen LogP contribution is -2.54. The average molecular weight is 584 g/mol. The van der Waals surface area contributed by atoms with E-state index in [1.54, 1.807) is 0 Å². The number of carbonyl (C=O) groups is 2. The van der Waals surface area contributed by atoms with Crippen molar-refractivity contribution in [1.82, 2.24) is 15.5 Å². The number of ether oxygens (including phenoxy) is 2. The summed E-state index contributed by atoms with van der Waals surface area (Å²) in [6.07, 6.45) is 14.6. The Hall–Kier alpha value is -1.18. The van der Waals surface area contributed by atoms with Crippen LogP contribution in [0.5, 0.6) is 0 Å². The summed E-state index contributed by atoms with van der Waals surface area (Å²) in [4.78, 5) is 27.7. The summed E-state index contributed by atoms with van der Waals surface area (Å²) in [7, 11) is 2.12. The number of amides is 2. The highest BCUT2D eigenvalue weighted by molar-refractivity contribution is 5.97. The second-order valence-corrected chi connectivity index (χ2v) is 16.3. The van der Waals surface area contributed by atoms with Gasteiger partial charge in [-0.25, -0.2) is 0 Å². The van der Waals surface area contributed by atoms with Crippen molar-refractivity contribution in [2.75, 3.05) is 26.7 Å². The van der Waals surface area contributed by atoms with Gasteiger partial charge in [0.25, 0.3) is 0 Å². The molecular formula is C35H57N3O4. The number of hydrogen-bond acceptors (Lipinski definition) is 5. The fourth-order valence-corrected chi connectivity index (χ4v) is 11.7. The molecule has 42 heavy (non-hydrogen) atoms. The fraction of sp³-hybridized carbons (Fsp3) is 0.943. The molecule has 2 amide bonds. The van der Waals surface area contributed by atoms with Gasteiger partial charge in [0.2, 0.25) is 11.8 Å². The van der Waals surface area contributed by atoms with Gasteiger partial charge in [-0.3, -0.25) is 9.59 Å². The molecule has 4 saturated carbocycles. The predicted octanol–water partition coefficient (Wildman–Crippen LogP) is 5.13. The number of rotatable bonds is 4. The van der Waals surface area contributed by atoms with E-state index in [1.165, 1.54) is 44.9 Å². The minimum atomic E-state index is -0.302. The molecule has 7 fully saturated rings. The Bertz CT molecular complexity index is 1020. The van der Waals surface area contributed by atoms with Crippen molar-refractivity contribution in [3.05, 3.63) is 0 Å². The fourth-order valence-electron chi connectivity index (χ4n) is 11.7. The third-order valence-electron chi connectivity index (χ3n) is 14.1. The molecule has 236 valence electrons. The molecule has 0 aromatic carbocycles. The van der Waals surface area contributed by atoms with Gasteiger partial charge in [0.05, 0.1) is 12.7 Å². The molecule has 0 bridgehead atoms. The summed E-state index contributed by atoms with van der Waals surface area (Å²) in [5, 5.41) is 6.38. The highest BCUT2D eigenvalue weighted by Crippen LogP contribution is 2.67. The van der Waals surface area contributed by atoms with E-state index in [2.05, 4.69) is 43.4 Å². The number of nitrogens with one attached hydrogen (secondary N) is 2. The molecule has 1 spiro atoms. The molecule has 3 saturated heterocycles. The lowest BCUT2D eigenvalue weighted by atomic mass is 9.46. The summed E-state index contributed by atoms with van der Waals surface area (Å²) in [6, 6.07) is 0.427. The number of piperidine rings is 1. The highest BCUT2D eigenvalue weighted by atomic mass is 16.7. The van der Waals surface area contributed by atoms with E-state index in [-0.39, 0.29) is 36.1 Å². The van der Waals surface area contributed by atoms with Crippen LogP contribution in [0.2, 0.25) is 0 Å². The zero-order chi connectivity index (χ0) is 29.2. The van der Waals surface area contributed by atoms with Gasteiger partial charge in [0, 0.05) is 24.4 Å².